The molecule has 0 aliphatic rings. The second-order valence-electron chi connectivity index (χ2n) is 4.55. The molecule has 0 bridgehead atoms. The molecule has 2 nitrogen and oxygen atoms in total. The predicted octanol–water partition coefficient (Wildman–Crippen LogP) is 4.62. The predicted molar refractivity (Wildman–Crippen MR) is 64.2 cm³/mol. The minimum atomic E-state index is -4.45. The Labute approximate surface area is 107 Å². The van der Waals surface area contributed by atoms with Gasteiger partial charge in [-0.25, -0.2) is 0 Å². The molecule has 0 radical (unpaired) electrons. The first-order valence-electron chi connectivity index (χ1n) is 6.61. The van der Waals surface area contributed by atoms with Gasteiger partial charge < -0.3 is 4.74 Å². The second kappa shape index (κ2) is 9.22. The van der Waals surface area contributed by atoms with Gasteiger partial charge in [-0.2, -0.15) is 13.2 Å². The number of halogens is 3. The van der Waals surface area contributed by atoms with Crippen molar-refractivity contribution in [3.8, 4) is 0 Å². The zero-order chi connectivity index (χ0) is 14.0. The minimum absolute atomic E-state index is 0.128. The molecule has 0 aromatic carbocycles. The zero-order valence-electron chi connectivity index (χ0n) is 11.2. The van der Waals surface area contributed by atoms with Crippen LogP contribution in [0.4, 0.5) is 13.2 Å². The van der Waals surface area contributed by atoms with Gasteiger partial charge in [-0.1, -0.05) is 45.4 Å². The molecule has 0 fully saturated rings. The van der Waals surface area contributed by atoms with Crippen LogP contribution in [0.25, 0.3) is 0 Å². The van der Waals surface area contributed by atoms with Crippen molar-refractivity contribution in [3.05, 3.63) is 0 Å². The maximum absolute atomic E-state index is 12.5. The Hall–Kier alpha value is -0.740. The normalized spacial score (nSPS) is 13.4. The van der Waals surface area contributed by atoms with E-state index < -0.39 is 18.2 Å². The Balaban J connectivity index is 3.74. The lowest BCUT2D eigenvalue weighted by Gasteiger charge is -2.19. The molecule has 108 valence electrons. The smallest absolute Gasteiger partial charge is 0.425 e. The summed E-state index contributed by atoms with van der Waals surface area (Å²) in [6, 6.07) is 0. The number of rotatable bonds is 9. The van der Waals surface area contributed by atoms with Gasteiger partial charge >= 0.3 is 12.1 Å². The maximum atomic E-state index is 12.5. The lowest BCUT2D eigenvalue weighted by Crippen LogP contribution is -2.33. The molecular formula is C13H23F3O2. The third-order valence-corrected chi connectivity index (χ3v) is 2.74. The van der Waals surface area contributed by atoms with E-state index in [-0.39, 0.29) is 6.42 Å². The lowest BCUT2D eigenvalue weighted by atomic mass is 10.1. The van der Waals surface area contributed by atoms with Crippen molar-refractivity contribution in [2.24, 2.45) is 0 Å². The molecule has 1 atom stereocenters. The summed E-state index contributed by atoms with van der Waals surface area (Å²) in [7, 11) is 0. The lowest BCUT2D eigenvalue weighted by molar-refractivity contribution is -0.221. The highest BCUT2D eigenvalue weighted by Gasteiger charge is 2.41. The number of ether oxygens (including phenoxy) is 1. The number of carbonyl (C=O) groups is 1. The van der Waals surface area contributed by atoms with Crippen molar-refractivity contribution in [1.82, 2.24) is 0 Å². The van der Waals surface area contributed by atoms with Gasteiger partial charge in [-0.05, 0) is 12.8 Å². The van der Waals surface area contributed by atoms with Crippen molar-refractivity contribution in [2.75, 3.05) is 0 Å². The number of carbonyl (C=O) groups excluding carboxylic acids is 1. The quantitative estimate of drug-likeness (QED) is 0.450. The van der Waals surface area contributed by atoms with Gasteiger partial charge in [0.05, 0.1) is 0 Å². The van der Waals surface area contributed by atoms with Gasteiger partial charge in [0, 0.05) is 6.92 Å². The summed E-state index contributed by atoms with van der Waals surface area (Å²) in [5, 5.41) is 0. The van der Waals surface area contributed by atoms with Crippen LogP contribution in [0.5, 0.6) is 0 Å². The third-order valence-electron chi connectivity index (χ3n) is 2.74. The molecule has 0 N–H and O–H groups in total. The van der Waals surface area contributed by atoms with Crippen LogP contribution in [0, 0.1) is 0 Å². The van der Waals surface area contributed by atoms with Crippen LogP contribution < -0.4 is 0 Å². The molecule has 0 aromatic rings. The van der Waals surface area contributed by atoms with E-state index in [1.54, 1.807) is 0 Å². The van der Waals surface area contributed by atoms with E-state index in [2.05, 4.69) is 11.7 Å². The summed E-state index contributed by atoms with van der Waals surface area (Å²) in [5.74, 6) is -0.875. The highest BCUT2D eigenvalue weighted by atomic mass is 19.4. The third kappa shape index (κ3) is 9.31. The molecule has 0 aliphatic heterocycles. The van der Waals surface area contributed by atoms with Crippen molar-refractivity contribution in [2.45, 2.75) is 77.5 Å². The first kappa shape index (κ1) is 17.3. The fourth-order valence-corrected chi connectivity index (χ4v) is 1.78. The summed E-state index contributed by atoms with van der Waals surface area (Å²) < 4.78 is 41.7. The number of hydrogen-bond acceptors (Lipinski definition) is 2. The molecule has 0 saturated carbocycles. The Morgan fingerprint density at radius 1 is 1.06 bits per heavy atom. The first-order chi connectivity index (χ1) is 8.38. The topological polar surface area (TPSA) is 26.3 Å². The van der Waals surface area contributed by atoms with Gasteiger partial charge in [-0.15, -0.1) is 0 Å². The molecule has 5 heteroatoms. The van der Waals surface area contributed by atoms with E-state index in [9.17, 15) is 18.0 Å². The summed E-state index contributed by atoms with van der Waals surface area (Å²) in [4.78, 5) is 10.6. The zero-order valence-corrected chi connectivity index (χ0v) is 11.2. The number of esters is 1. The van der Waals surface area contributed by atoms with E-state index in [0.29, 0.717) is 6.42 Å². The van der Waals surface area contributed by atoms with E-state index in [4.69, 9.17) is 0 Å². The van der Waals surface area contributed by atoms with Crippen LogP contribution in [-0.2, 0) is 9.53 Å². The maximum Gasteiger partial charge on any atom is 0.425 e. The number of alkyl halides is 3. The van der Waals surface area contributed by atoms with Crippen LogP contribution in [0.1, 0.15) is 65.2 Å². The van der Waals surface area contributed by atoms with Gasteiger partial charge in [-0.3, -0.25) is 4.79 Å². The van der Waals surface area contributed by atoms with Gasteiger partial charge in [0.1, 0.15) is 0 Å². The standard InChI is InChI=1S/C13H23F3O2/c1-3-4-5-6-7-8-9-10-12(13(14,15)16)18-11(2)17/h12H,3-10H2,1-2H3/t12-/m0/s1. The molecule has 0 unspecified atom stereocenters. The van der Waals surface area contributed by atoms with Crippen LogP contribution >= 0.6 is 0 Å². The number of hydrogen-bond donors (Lipinski definition) is 0. The molecule has 0 rings (SSSR count). The molecule has 0 spiro atoms. The van der Waals surface area contributed by atoms with Crippen molar-refractivity contribution < 1.29 is 22.7 Å². The summed E-state index contributed by atoms with van der Waals surface area (Å²) in [6.45, 7) is 3.12. The van der Waals surface area contributed by atoms with E-state index in [1.165, 1.54) is 6.42 Å². The van der Waals surface area contributed by atoms with Crippen molar-refractivity contribution in [3.63, 3.8) is 0 Å². The van der Waals surface area contributed by atoms with Gasteiger partial charge in [0.2, 0.25) is 0 Å². The monoisotopic (exact) mass is 268 g/mol. The van der Waals surface area contributed by atoms with Gasteiger partial charge in [0.25, 0.3) is 0 Å². The Bertz CT molecular complexity index is 227. The Morgan fingerprint density at radius 3 is 2.00 bits per heavy atom. The molecular weight excluding hydrogens is 245 g/mol. The fourth-order valence-electron chi connectivity index (χ4n) is 1.78. The van der Waals surface area contributed by atoms with Crippen LogP contribution in [0.2, 0.25) is 0 Å². The van der Waals surface area contributed by atoms with Crippen molar-refractivity contribution >= 4 is 5.97 Å². The second-order valence-corrected chi connectivity index (χ2v) is 4.55. The molecule has 0 amide bonds. The highest BCUT2D eigenvalue weighted by Crippen LogP contribution is 2.27. The van der Waals surface area contributed by atoms with Crippen LogP contribution in [-0.4, -0.2) is 18.2 Å². The van der Waals surface area contributed by atoms with Crippen LogP contribution in [0.15, 0.2) is 0 Å². The molecule has 0 aliphatic carbocycles. The molecule has 0 aromatic heterocycles. The SMILES string of the molecule is CCCCCCCCC[C@H](OC(C)=O)C(F)(F)F. The summed E-state index contributed by atoms with van der Waals surface area (Å²) >= 11 is 0. The Morgan fingerprint density at radius 2 is 1.56 bits per heavy atom. The molecule has 18 heavy (non-hydrogen) atoms. The van der Waals surface area contributed by atoms with Crippen molar-refractivity contribution in [1.29, 1.82) is 0 Å². The number of unbranched alkanes of at least 4 members (excludes halogenated alkanes) is 6. The average molecular weight is 268 g/mol. The largest absolute Gasteiger partial charge is 0.453 e. The Kier molecular flexibility index (Phi) is 8.85. The first-order valence-corrected chi connectivity index (χ1v) is 6.61. The van der Waals surface area contributed by atoms with Gasteiger partial charge in [0.15, 0.2) is 6.10 Å². The fraction of sp³-hybridized carbons (Fsp3) is 0.923. The molecule has 0 heterocycles. The van der Waals surface area contributed by atoms with Crippen LogP contribution in [0.3, 0.4) is 0 Å². The van der Waals surface area contributed by atoms with E-state index in [0.717, 1.165) is 39.0 Å². The highest BCUT2D eigenvalue weighted by molar-refractivity contribution is 5.66. The molecule has 0 saturated heterocycles. The average Bonchev–Trinajstić information content (AvgIpc) is 2.24. The van der Waals surface area contributed by atoms with E-state index >= 15 is 0 Å². The minimum Gasteiger partial charge on any atom is -0.453 e. The van der Waals surface area contributed by atoms with E-state index in [1.807, 2.05) is 0 Å². The summed E-state index contributed by atoms with van der Waals surface area (Å²) in [6.07, 6.45) is 0.185. The summed E-state index contributed by atoms with van der Waals surface area (Å²) in [5.41, 5.74) is 0.